The molecular formula is C31H28N2O. The number of hydrogen-bond acceptors (Lipinski definition) is 2. The molecule has 1 atom stereocenters. The Morgan fingerprint density at radius 3 is 1.76 bits per heavy atom. The standard InChI is InChI=1S/C31H28N2O/c1-2-28(33-24-32-29-20-12-13-21-30(29)33)22-23-34-31(25-14-6-3-7-15-25,26-16-8-4-9-17-26)27-18-10-5-11-19-27/h2-21,24,28H,1,22-23H2. The number of ether oxygens (including phenoxy) is 1. The largest absolute Gasteiger partial charge is 0.361 e. The molecule has 0 spiro atoms. The van der Waals surface area contributed by atoms with Gasteiger partial charge in [0.2, 0.25) is 0 Å². The van der Waals surface area contributed by atoms with Gasteiger partial charge in [0, 0.05) is 0 Å². The van der Waals surface area contributed by atoms with Gasteiger partial charge in [0.25, 0.3) is 0 Å². The van der Waals surface area contributed by atoms with Gasteiger partial charge in [0.15, 0.2) is 0 Å². The van der Waals surface area contributed by atoms with Crippen LogP contribution in [0.5, 0.6) is 0 Å². The predicted octanol–water partition coefficient (Wildman–Crippen LogP) is 7.16. The SMILES string of the molecule is C=CC(CCOC(c1ccccc1)(c1ccccc1)c1ccccc1)n1cnc2ccccc21. The fourth-order valence-corrected chi connectivity index (χ4v) is 4.71. The van der Waals surface area contributed by atoms with E-state index in [9.17, 15) is 0 Å². The first-order valence-electron chi connectivity index (χ1n) is 11.7. The van der Waals surface area contributed by atoms with Crippen molar-refractivity contribution in [1.82, 2.24) is 9.55 Å². The second-order valence-corrected chi connectivity index (χ2v) is 8.36. The van der Waals surface area contributed by atoms with Crippen molar-refractivity contribution in [2.24, 2.45) is 0 Å². The molecule has 5 aromatic rings. The summed E-state index contributed by atoms with van der Waals surface area (Å²) < 4.78 is 9.13. The molecule has 168 valence electrons. The average Bonchev–Trinajstić information content (AvgIpc) is 3.35. The summed E-state index contributed by atoms with van der Waals surface area (Å²) in [5.41, 5.74) is 4.70. The van der Waals surface area contributed by atoms with E-state index in [1.54, 1.807) is 0 Å². The molecule has 1 aromatic heterocycles. The minimum absolute atomic E-state index is 0.0763. The van der Waals surface area contributed by atoms with Gasteiger partial charge < -0.3 is 9.30 Å². The fraction of sp³-hybridized carbons (Fsp3) is 0.129. The summed E-state index contributed by atoms with van der Waals surface area (Å²) in [5, 5.41) is 0. The van der Waals surface area contributed by atoms with Crippen LogP contribution in [0.2, 0.25) is 0 Å². The van der Waals surface area contributed by atoms with Gasteiger partial charge in [-0.1, -0.05) is 109 Å². The van der Waals surface area contributed by atoms with E-state index in [1.165, 1.54) is 0 Å². The van der Waals surface area contributed by atoms with E-state index in [-0.39, 0.29) is 6.04 Å². The number of nitrogens with zero attached hydrogens (tertiary/aromatic N) is 2. The maximum atomic E-state index is 6.95. The molecule has 1 heterocycles. The highest BCUT2D eigenvalue weighted by molar-refractivity contribution is 5.75. The molecule has 0 saturated carbocycles. The number of rotatable bonds is 9. The molecule has 0 amide bonds. The van der Waals surface area contributed by atoms with Crippen molar-refractivity contribution in [3.8, 4) is 0 Å². The van der Waals surface area contributed by atoms with Crippen LogP contribution in [0.25, 0.3) is 11.0 Å². The normalized spacial score (nSPS) is 12.5. The van der Waals surface area contributed by atoms with Crippen molar-refractivity contribution in [2.75, 3.05) is 6.61 Å². The smallest absolute Gasteiger partial charge is 0.143 e. The van der Waals surface area contributed by atoms with Crippen molar-refractivity contribution in [3.05, 3.63) is 151 Å². The molecule has 34 heavy (non-hydrogen) atoms. The predicted molar refractivity (Wildman–Crippen MR) is 139 cm³/mol. The van der Waals surface area contributed by atoms with Gasteiger partial charge in [-0.3, -0.25) is 0 Å². The zero-order valence-electron chi connectivity index (χ0n) is 19.1. The van der Waals surface area contributed by atoms with Crippen molar-refractivity contribution < 1.29 is 4.74 Å². The molecule has 1 unspecified atom stereocenters. The molecule has 3 nitrogen and oxygen atoms in total. The Balaban J connectivity index is 1.52. The van der Waals surface area contributed by atoms with Crippen LogP contribution in [-0.2, 0) is 10.3 Å². The van der Waals surface area contributed by atoms with Crippen molar-refractivity contribution >= 4 is 11.0 Å². The quantitative estimate of drug-likeness (QED) is 0.178. The second-order valence-electron chi connectivity index (χ2n) is 8.36. The van der Waals surface area contributed by atoms with Gasteiger partial charge in [-0.25, -0.2) is 4.98 Å². The minimum atomic E-state index is -0.716. The molecule has 0 aliphatic rings. The molecule has 0 N–H and O–H groups in total. The average molecular weight is 445 g/mol. The van der Waals surface area contributed by atoms with Gasteiger partial charge in [-0.05, 0) is 35.2 Å². The minimum Gasteiger partial charge on any atom is -0.361 e. The van der Waals surface area contributed by atoms with Crippen molar-refractivity contribution in [1.29, 1.82) is 0 Å². The third-order valence-electron chi connectivity index (χ3n) is 6.38. The lowest BCUT2D eigenvalue weighted by Crippen LogP contribution is -2.33. The lowest BCUT2D eigenvalue weighted by Gasteiger charge is -2.36. The summed E-state index contributed by atoms with van der Waals surface area (Å²) in [7, 11) is 0. The molecule has 0 radical (unpaired) electrons. The van der Waals surface area contributed by atoms with Crippen molar-refractivity contribution in [3.63, 3.8) is 0 Å². The first-order valence-corrected chi connectivity index (χ1v) is 11.7. The van der Waals surface area contributed by atoms with Gasteiger partial charge in [-0.15, -0.1) is 6.58 Å². The van der Waals surface area contributed by atoms with Crippen LogP contribution in [-0.4, -0.2) is 16.2 Å². The van der Waals surface area contributed by atoms with Gasteiger partial charge in [-0.2, -0.15) is 0 Å². The van der Waals surface area contributed by atoms with Crippen LogP contribution >= 0.6 is 0 Å². The van der Waals surface area contributed by atoms with Crippen LogP contribution in [0.4, 0.5) is 0 Å². The van der Waals surface area contributed by atoms with Crippen LogP contribution in [0.3, 0.4) is 0 Å². The number of imidazole rings is 1. The Hall–Kier alpha value is -3.95. The Morgan fingerprint density at radius 1 is 0.735 bits per heavy atom. The Kier molecular flexibility index (Phi) is 6.37. The zero-order valence-corrected chi connectivity index (χ0v) is 19.1. The van der Waals surface area contributed by atoms with Crippen LogP contribution < -0.4 is 0 Å². The van der Waals surface area contributed by atoms with Crippen LogP contribution in [0, 0.1) is 0 Å². The monoisotopic (exact) mass is 444 g/mol. The molecule has 4 aromatic carbocycles. The van der Waals surface area contributed by atoms with Gasteiger partial charge >= 0.3 is 0 Å². The number of aromatic nitrogens is 2. The fourth-order valence-electron chi connectivity index (χ4n) is 4.71. The molecular weight excluding hydrogens is 416 g/mol. The Morgan fingerprint density at radius 2 is 1.24 bits per heavy atom. The Bertz CT molecular complexity index is 1250. The molecule has 5 rings (SSSR count). The molecule has 0 aliphatic heterocycles. The molecule has 0 bridgehead atoms. The van der Waals surface area contributed by atoms with Crippen molar-refractivity contribution in [2.45, 2.75) is 18.1 Å². The van der Waals surface area contributed by atoms with E-state index in [0.29, 0.717) is 6.61 Å². The van der Waals surface area contributed by atoms with E-state index in [4.69, 9.17) is 4.74 Å². The van der Waals surface area contributed by atoms with Crippen LogP contribution in [0.1, 0.15) is 29.2 Å². The van der Waals surface area contributed by atoms with E-state index >= 15 is 0 Å². The molecule has 3 heteroatoms. The van der Waals surface area contributed by atoms with Gasteiger partial charge in [0.1, 0.15) is 5.60 Å². The molecule has 0 aliphatic carbocycles. The summed E-state index contributed by atoms with van der Waals surface area (Å²) in [5.74, 6) is 0. The van der Waals surface area contributed by atoms with E-state index in [1.807, 2.05) is 48.8 Å². The summed E-state index contributed by atoms with van der Waals surface area (Å²) in [4.78, 5) is 4.56. The van der Waals surface area contributed by atoms with E-state index < -0.39 is 5.60 Å². The summed E-state index contributed by atoms with van der Waals surface area (Å²) in [6.45, 7) is 4.65. The maximum absolute atomic E-state index is 6.95. The van der Waals surface area contributed by atoms with E-state index in [0.717, 1.165) is 34.1 Å². The highest BCUT2D eigenvalue weighted by atomic mass is 16.5. The highest BCUT2D eigenvalue weighted by Crippen LogP contribution is 2.40. The lowest BCUT2D eigenvalue weighted by atomic mass is 9.80. The highest BCUT2D eigenvalue weighted by Gasteiger charge is 2.37. The summed E-state index contributed by atoms with van der Waals surface area (Å²) >= 11 is 0. The second kappa shape index (κ2) is 9.90. The summed E-state index contributed by atoms with van der Waals surface area (Å²) in [6, 6.07) is 39.7. The molecule has 0 saturated heterocycles. The number of benzene rings is 4. The van der Waals surface area contributed by atoms with E-state index in [2.05, 4.69) is 95.0 Å². The summed E-state index contributed by atoms with van der Waals surface area (Å²) in [6.07, 6.45) is 4.65. The first-order chi connectivity index (χ1) is 16.8. The van der Waals surface area contributed by atoms with Crippen LogP contribution in [0.15, 0.2) is 134 Å². The van der Waals surface area contributed by atoms with Gasteiger partial charge in [0.05, 0.1) is 30.0 Å². The lowest BCUT2D eigenvalue weighted by molar-refractivity contribution is 0.00836. The number of hydrogen-bond donors (Lipinski definition) is 0. The zero-order chi connectivity index (χ0) is 23.2. The third kappa shape index (κ3) is 4.07. The topological polar surface area (TPSA) is 27.1 Å². The third-order valence-corrected chi connectivity index (χ3v) is 6.38. The number of fused-ring (bicyclic) bond motifs is 1. The molecule has 0 fully saturated rings. The maximum Gasteiger partial charge on any atom is 0.143 e. The number of para-hydroxylation sites is 2. The first kappa shape index (κ1) is 21.9. The Labute approximate surface area is 201 Å². The number of allylic oxidation sites excluding steroid dienone is 1.